The van der Waals surface area contributed by atoms with Gasteiger partial charge in [-0.1, -0.05) is 6.07 Å². The van der Waals surface area contributed by atoms with Crippen LogP contribution < -0.4 is 0 Å². The zero-order valence-corrected chi connectivity index (χ0v) is 9.96. The average molecular weight is 249 g/mol. The monoisotopic (exact) mass is 249 g/mol. The summed E-state index contributed by atoms with van der Waals surface area (Å²) in [7, 11) is 0. The molecular weight excluding hydrogens is 236 g/mol. The number of nitro benzene ring substituents is 1. The van der Waals surface area contributed by atoms with Crippen molar-refractivity contribution in [3.63, 3.8) is 0 Å². The van der Waals surface area contributed by atoms with Crippen molar-refractivity contribution in [1.82, 2.24) is 0 Å². The Bertz CT molecular complexity index is 537. The van der Waals surface area contributed by atoms with Crippen molar-refractivity contribution in [3.05, 3.63) is 39.4 Å². The highest BCUT2D eigenvalue weighted by atomic mass is 16.6. The molecule has 2 rings (SSSR count). The van der Waals surface area contributed by atoms with Gasteiger partial charge in [-0.3, -0.25) is 10.1 Å². The zero-order chi connectivity index (χ0) is 13.1. The molecule has 1 heterocycles. The molecule has 0 atom stereocenters. The lowest BCUT2D eigenvalue weighted by Crippen LogP contribution is -2.29. The molecule has 0 spiro atoms. The molecule has 0 aromatic heterocycles. The number of carbonyl (C=O) groups excluding carboxylic acids is 1. The highest BCUT2D eigenvalue weighted by molar-refractivity contribution is 5.83. The Kier molecular flexibility index (Phi) is 3.36. The van der Waals surface area contributed by atoms with E-state index in [1.807, 2.05) is 0 Å². The van der Waals surface area contributed by atoms with Crippen molar-refractivity contribution in [3.8, 4) is 0 Å². The highest BCUT2D eigenvalue weighted by Gasteiger charge is 2.25. The average Bonchev–Trinajstić information content (AvgIpc) is 2.37. The Labute approximate surface area is 104 Å². The van der Waals surface area contributed by atoms with Crippen LogP contribution in [-0.4, -0.2) is 35.0 Å². The van der Waals surface area contributed by atoms with Crippen molar-refractivity contribution >= 4 is 18.0 Å². The smallest absolute Gasteiger partial charge is 0.412 e. The van der Waals surface area contributed by atoms with Gasteiger partial charge in [-0.15, -0.1) is 4.58 Å². The van der Waals surface area contributed by atoms with E-state index in [1.165, 1.54) is 16.7 Å². The van der Waals surface area contributed by atoms with Crippen LogP contribution >= 0.6 is 0 Å². The molecule has 0 saturated heterocycles. The summed E-state index contributed by atoms with van der Waals surface area (Å²) < 4.78 is 6.34. The van der Waals surface area contributed by atoms with Gasteiger partial charge in [-0.2, -0.15) is 4.79 Å². The molecule has 1 amide bonds. The van der Waals surface area contributed by atoms with Gasteiger partial charge >= 0.3 is 6.09 Å². The normalized spacial score (nSPS) is 13.5. The van der Waals surface area contributed by atoms with E-state index in [2.05, 4.69) is 0 Å². The van der Waals surface area contributed by atoms with Crippen LogP contribution in [0.25, 0.3) is 0 Å². The summed E-state index contributed by atoms with van der Waals surface area (Å²) in [5.74, 6) is 0. The number of non-ortho nitro benzene ring substituents is 1. The third kappa shape index (κ3) is 2.37. The fourth-order valence-electron chi connectivity index (χ4n) is 1.87. The third-order valence-corrected chi connectivity index (χ3v) is 2.76. The second-order valence-electron chi connectivity index (χ2n) is 3.91. The topological polar surface area (TPSA) is 72.5 Å². The van der Waals surface area contributed by atoms with Crippen molar-refractivity contribution < 1.29 is 19.0 Å². The van der Waals surface area contributed by atoms with Gasteiger partial charge in [0, 0.05) is 24.1 Å². The lowest BCUT2D eigenvalue weighted by Gasteiger charge is -2.10. The predicted molar refractivity (Wildman–Crippen MR) is 64.1 cm³/mol. The summed E-state index contributed by atoms with van der Waals surface area (Å²) in [6.45, 7) is 2.58. The molecule has 0 unspecified atom stereocenters. The Morgan fingerprint density at radius 2 is 2.33 bits per heavy atom. The number of nitrogens with zero attached hydrogens (tertiary/aromatic N) is 2. The third-order valence-electron chi connectivity index (χ3n) is 2.76. The maximum Gasteiger partial charge on any atom is 0.596 e. The van der Waals surface area contributed by atoms with E-state index in [0.717, 1.165) is 5.56 Å². The minimum Gasteiger partial charge on any atom is -0.412 e. The highest BCUT2D eigenvalue weighted by Crippen LogP contribution is 2.19. The van der Waals surface area contributed by atoms with E-state index in [-0.39, 0.29) is 5.69 Å². The first-order chi connectivity index (χ1) is 8.61. The van der Waals surface area contributed by atoms with E-state index in [0.29, 0.717) is 25.1 Å². The summed E-state index contributed by atoms with van der Waals surface area (Å²) in [4.78, 5) is 21.8. The molecule has 0 bridgehead atoms. The summed E-state index contributed by atoms with van der Waals surface area (Å²) in [5.41, 5.74) is 1.72. The molecule has 1 aliphatic rings. The molecule has 0 N–H and O–H groups in total. The molecule has 0 saturated carbocycles. The standard InChI is InChI=1S/C12H13N2O4/c1-2-18-12(15)13-6-5-9-3-4-11(14(16)17)7-10(9)8-13/h3-4,7-8H,2,5-6H2,1H3/q+1. The molecule has 1 aromatic rings. The van der Waals surface area contributed by atoms with Crippen LogP contribution in [0.15, 0.2) is 18.2 Å². The number of fused-ring (bicyclic) bond motifs is 1. The van der Waals surface area contributed by atoms with E-state index in [4.69, 9.17) is 4.74 Å². The Morgan fingerprint density at radius 3 is 3.00 bits per heavy atom. The summed E-state index contributed by atoms with van der Waals surface area (Å²) in [6.07, 6.45) is 1.85. The van der Waals surface area contributed by atoms with Gasteiger partial charge in [0.2, 0.25) is 0 Å². The van der Waals surface area contributed by atoms with Crippen LogP contribution in [0.1, 0.15) is 18.1 Å². The second kappa shape index (κ2) is 4.95. The van der Waals surface area contributed by atoms with Gasteiger partial charge < -0.3 is 4.74 Å². The Balaban J connectivity index is 2.34. The number of benzene rings is 1. The SMILES string of the molecule is CCOC(=O)[N+]1=Cc2cc([N+](=O)[O-])ccc2CC1. The van der Waals surface area contributed by atoms with Gasteiger partial charge in [0.15, 0.2) is 12.8 Å². The van der Waals surface area contributed by atoms with E-state index in [9.17, 15) is 14.9 Å². The van der Waals surface area contributed by atoms with Crippen LogP contribution in [0.3, 0.4) is 0 Å². The second-order valence-corrected chi connectivity index (χ2v) is 3.91. The Morgan fingerprint density at radius 1 is 1.56 bits per heavy atom. The lowest BCUT2D eigenvalue weighted by molar-refractivity contribution is -0.442. The van der Waals surface area contributed by atoms with Gasteiger partial charge in [0.1, 0.15) is 0 Å². The van der Waals surface area contributed by atoms with Gasteiger partial charge in [-0.25, -0.2) is 0 Å². The fraction of sp³-hybridized carbons (Fsp3) is 0.333. The molecule has 18 heavy (non-hydrogen) atoms. The molecule has 6 nitrogen and oxygen atoms in total. The first-order valence-electron chi connectivity index (χ1n) is 5.67. The summed E-state index contributed by atoms with van der Waals surface area (Å²) >= 11 is 0. The number of amides is 1. The van der Waals surface area contributed by atoms with E-state index in [1.54, 1.807) is 19.2 Å². The first kappa shape index (κ1) is 12.2. The minimum atomic E-state index is -0.447. The fourth-order valence-corrected chi connectivity index (χ4v) is 1.87. The molecule has 0 aliphatic carbocycles. The largest absolute Gasteiger partial charge is 0.596 e. The van der Waals surface area contributed by atoms with Crippen molar-refractivity contribution in [2.75, 3.05) is 13.2 Å². The quantitative estimate of drug-likeness (QED) is 0.454. The maximum atomic E-state index is 11.6. The number of hydrogen-bond donors (Lipinski definition) is 0. The number of ether oxygens (including phenoxy) is 1. The van der Waals surface area contributed by atoms with Gasteiger partial charge in [-0.05, 0) is 12.5 Å². The predicted octanol–water partition coefficient (Wildman–Crippen LogP) is 1.74. The first-order valence-corrected chi connectivity index (χ1v) is 5.67. The van der Waals surface area contributed by atoms with Gasteiger partial charge in [0.05, 0.1) is 11.5 Å². The van der Waals surface area contributed by atoms with E-state index >= 15 is 0 Å². The molecule has 6 heteroatoms. The van der Waals surface area contributed by atoms with Crippen LogP contribution in [-0.2, 0) is 11.2 Å². The molecule has 1 aromatic carbocycles. The zero-order valence-electron chi connectivity index (χ0n) is 9.96. The van der Waals surface area contributed by atoms with Crippen molar-refractivity contribution in [1.29, 1.82) is 0 Å². The molecule has 1 aliphatic heterocycles. The minimum absolute atomic E-state index is 0.0238. The van der Waals surface area contributed by atoms with Crippen molar-refractivity contribution in [2.45, 2.75) is 13.3 Å². The number of nitro groups is 1. The van der Waals surface area contributed by atoms with E-state index < -0.39 is 11.0 Å². The summed E-state index contributed by atoms with van der Waals surface area (Å²) in [6, 6.07) is 4.68. The number of rotatable bonds is 2. The van der Waals surface area contributed by atoms with Gasteiger partial charge in [0.25, 0.3) is 5.69 Å². The molecule has 0 fully saturated rings. The van der Waals surface area contributed by atoms with Crippen LogP contribution in [0, 0.1) is 10.1 Å². The van der Waals surface area contributed by atoms with Crippen LogP contribution in [0.5, 0.6) is 0 Å². The lowest BCUT2D eigenvalue weighted by atomic mass is 10.0. The molecule has 94 valence electrons. The Hall–Kier alpha value is -2.24. The van der Waals surface area contributed by atoms with Crippen molar-refractivity contribution in [2.24, 2.45) is 0 Å². The summed E-state index contributed by atoms with van der Waals surface area (Å²) in [5, 5.41) is 10.7. The van der Waals surface area contributed by atoms with Crippen LogP contribution in [0.4, 0.5) is 10.5 Å². The molecular formula is C12H13N2O4+. The number of hydrogen-bond acceptors (Lipinski definition) is 4. The van der Waals surface area contributed by atoms with Crippen LogP contribution in [0.2, 0.25) is 0 Å². The molecule has 0 radical (unpaired) electrons. The maximum absolute atomic E-state index is 11.6. The number of carbonyl (C=O) groups is 1.